The van der Waals surface area contributed by atoms with Gasteiger partial charge in [0.2, 0.25) is 0 Å². The number of carbonyl (C=O) groups is 1. The predicted molar refractivity (Wildman–Crippen MR) is 167 cm³/mol. The molecule has 3 aromatic carbocycles. The second-order valence-electron chi connectivity index (χ2n) is 12.2. The number of nitrogens with zero attached hydrogens (tertiary/aromatic N) is 3. The minimum Gasteiger partial charge on any atom is -0.464 e. The Bertz CT molecular complexity index is 1770. The number of hydrogen-bond acceptors (Lipinski definition) is 7. The Morgan fingerprint density at radius 1 is 0.958 bits per heavy atom. The van der Waals surface area contributed by atoms with Gasteiger partial charge in [-0.1, -0.05) is 25.5 Å². The van der Waals surface area contributed by atoms with E-state index in [-0.39, 0.29) is 36.5 Å². The minimum atomic E-state index is -4.80. The van der Waals surface area contributed by atoms with Crippen molar-refractivity contribution in [3.05, 3.63) is 72.0 Å². The molecule has 0 unspecified atom stereocenters. The highest BCUT2D eigenvalue weighted by atomic mass is 32.2. The highest BCUT2D eigenvalue weighted by Gasteiger charge is 2.45. The van der Waals surface area contributed by atoms with E-state index in [0.29, 0.717) is 31.3 Å². The summed E-state index contributed by atoms with van der Waals surface area (Å²) < 4.78 is 120. The first-order valence-electron chi connectivity index (χ1n) is 15.3. The van der Waals surface area contributed by atoms with Crippen LogP contribution >= 0.6 is 0 Å². The summed E-state index contributed by atoms with van der Waals surface area (Å²) in [4.78, 5) is 16.3. The fourth-order valence-corrected chi connectivity index (χ4v) is 7.53. The maximum Gasteiger partial charge on any atom is 0.416 e. The molecule has 3 aromatic rings. The molecule has 0 N–H and O–H groups in total. The average Bonchev–Trinajstić information content (AvgIpc) is 3.02. The molecule has 2 heterocycles. The molecule has 0 aliphatic carbocycles. The monoisotopic (exact) mass is 699 g/mol. The molecule has 48 heavy (non-hydrogen) atoms. The van der Waals surface area contributed by atoms with E-state index in [1.54, 1.807) is 26.0 Å². The normalized spacial score (nSPS) is 17.2. The number of ether oxygens (including phenoxy) is 2. The third-order valence-electron chi connectivity index (χ3n) is 8.61. The molecule has 260 valence electrons. The fraction of sp³-hybridized carbons (Fsp3) is 0.424. The molecule has 0 spiro atoms. The third-order valence-corrected chi connectivity index (χ3v) is 10.4. The molecular formula is C33H35F6N3O5S. The lowest BCUT2D eigenvalue weighted by atomic mass is 9.96. The van der Waals surface area contributed by atoms with Gasteiger partial charge in [0.15, 0.2) is 0 Å². The molecule has 1 fully saturated rings. The van der Waals surface area contributed by atoms with Gasteiger partial charge in [0.1, 0.15) is 17.1 Å². The van der Waals surface area contributed by atoms with Crippen LogP contribution in [0.5, 0.6) is 5.75 Å². The first-order valence-corrected chi connectivity index (χ1v) is 16.7. The van der Waals surface area contributed by atoms with E-state index < -0.39 is 62.4 Å². The molecule has 0 aromatic heterocycles. The zero-order valence-electron chi connectivity index (χ0n) is 26.4. The molecule has 2 aliphatic heterocycles. The van der Waals surface area contributed by atoms with Crippen molar-refractivity contribution in [1.29, 1.82) is 0 Å². The highest BCUT2D eigenvalue weighted by molar-refractivity contribution is 7.92. The standard InChI is InChI=1S/C33H35F6N3O5S/c1-4-5-13-46-30(43)32(2,3)40-11-12-41-25(19-40)20-42(48(44,45)27-8-6-7-23(17-27)33(37,38)39)29-16-21(9-10-28(29)41)22-14-24(34)18-26(15-22)47-31(35)36/h6-10,14-18,25,31H,4-5,11-13,19-20H2,1-3H3/t25-/m0/s1. The van der Waals surface area contributed by atoms with Gasteiger partial charge in [0, 0.05) is 25.7 Å². The van der Waals surface area contributed by atoms with Gasteiger partial charge in [-0.2, -0.15) is 22.0 Å². The maximum atomic E-state index is 14.5. The summed E-state index contributed by atoms with van der Waals surface area (Å²) in [7, 11) is -4.63. The van der Waals surface area contributed by atoms with Gasteiger partial charge in [-0.15, -0.1) is 0 Å². The number of fused-ring (bicyclic) bond motifs is 3. The number of piperazine rings is 1. The largest absolute Gasteiger partial charge is 0.464 e. The highest BCUT2D eigenvalue weighted by Crippen LogP contribution is 2.43. The molecule has 15 heteroatoms. The summed E-state index contributed by atoms with van der Waals surface area (Å²) in [6.07, 6.45) is -3.25. The first kappa shape index (κ1) is 35.3. The summed E-state index contributed by atoms with van der Waals surface area (Å²) in [5, 5.41) is 0. The number of carbonyl (C=O) groups excluding carboxylic acids is 1. The smallest absolute Gasteiger partial charge is 0.416 e. The van der Waals surface area contributed by atoms with Crippen LogP contribution in [0.15, 0.2) is 65.6 Å². The summed E-state index contributed by atoms with van der Waals surface area (Å²) in [6.45, 7) is 3.28. The number of halogens is 6. The number of benzene rings is 3. The zero-order valence-corrected chi connectivity index (χ0v) is 27.3. The average molecular weight is 700 g/mol. The van der Waals surface area contributed by atoms with Gasteiger partial charge in [-0.05, 0) is 73.9 Å². The summed E-state index contributed by atoms with van der Waals surface area (Å²) in [5.41, 5.74) is -1.29. The van der Waals surface area contributed by atoms with Crippen molar-refractivity contribution in [3.8, 4) is 16.9 Å². The minimum absolute atomic E-state index is 0.105. The van der Waals surface area contributed by atoms with Crippen LogP contribution in [0.3, 0.4) is 0 Å². The molecule has 2 aliphatic rings. The van der Waals surface area contributed by atoms with E-state index in [0.717, 1.165) is 41.1 Å². The number of unbranched alkanes of at least 4 members (excludes halogenated alkanes) is 1. The summed E-state index contributed by atoms with van der Waals surface area (Å²) in [6, 6.07) is 10.5. The lowest BCUT2D eigenvalue weighted by Crippen LogP contribution is -2.65. The van der Waals surface area contributed by atoms with Gasteiger partial charge in [-0.3, -0.25) is 14.0 Å². The summed E-state index contributed by atoms with van der Waals surface area (Å²) >= 11 is 0. The molecule has 0 amide bonds. The number of rotatable bonds is 10. The van der Waals surface area contributed by atoms with Crippen LogP contribution in [0, 0.1) is 5.82 Å². The first-order chi connectivity index (χ1) is 22.5. The van der Waals surface area contributed by atoms with Crippen LogP contribution in [-0.2, 0) is 25.7 Å². The van der Waals surface area contributed by atoms with Gasteiger partial charge in [0.25, 0.3) is 10.0 Å². The Labute approximate surface area is 274 Å². The van der Waals surface area contributed by atoms with Gasteiger partial charge in [0.05, 0.1) is 41.0 Å². The Kier molecular flexibility index (Phi) is 9.93. The maximum absolute atomic E-state index is 14.5. The Balaban J connectivity index is 1.57. The number of hydrogen-bond donors (Lipinski definition) is 0. The molecule has 1 saturated heterocycles. The van der Waals surface area contributed by atoms with Crippen LogP contribution in [0.25, 0.3) is 11.1 Å². The Morgan fingerprint density at radius 3 is 2.40 bits per heavy atom. The van der Waals surface area contributed by atoms with E-state index >= 15 is 0 Å². The van der Waals surface area contributed by atoms with Crippen LogP contribution < -0.4 is 13.9 Å². The third kappa shape index (κ3) is 7.21. The van der Waals surface area contributed by atoms with Crippen molar-refractivity contribution in [2.75, 3.05) is 42.0 Å². The molecule has 1 atom stereocenters. The molecule has 5 rings (SSSR count). The van der Waals surface area contributed by atoms with Crippen LogP contribution in [0.2, 0.25) is 0 Å². The van der Waals surface area contributed by atoms with Gasteiger partial charge >= 0.3 is 18.8 Å². The zero-order chi connectivity index (χ0) is 35.0. The predicted octanol–water partition coefficient (Wildman–Crippen LogP) is 6.93. The molecule has 0 radical (unpaired) electrons. The Hall–Kier alpha value is -3.98. The lowest BCUT2D eigenvalue weighted by Gasteiger charge is -2.51. The molecule has 8 nitrogen and oxygen atoms in total. The van der Waals surface area contributed by atoms with Crippen molar-refractivity contribution >= 4 is 27.4 Å². The molecular weight excluding hydrogens is 664 g/mol. The van der Waals surface area contributed by atoms with E-state index in [1.807, 2.05) is 16.7 Å². The van der Waals surface area contributed by atoms with Crippen molar-refractivity contribution in [2.45, 2.75) is 62.9 Å². The van der Waals surface area contributed by atoms with Crippen LogP contribution in [0.4, 0.5) is 37.7 Å². The van der Waals surface area contributed by atoms with Crippen molar-refractivity contribution in [1.82, 2.24) is 4.90 Å². The van der Waals surface area contributed by atoms with Crippen LogP contribution in [0.1, 0.15) is 39.2 Å². The SMILES string of the molecule is CCCCOC(=O)C(C)(C)N1CCN2c3ccc(-c4cc(F)cc(OC(F)F)c4)cc3N(S(=O)(=O)c3cccc(C(F)(F)F)c3)C[C@@H]2C1. The van der Waals surface area contributed by atoms with Gasteiger partial charge < -0.3 is 14.4 Å². The molecule has 0 bridgehead atoms. The fourth-order valence-electron chi connectivity index (χ4n) is 5.97. The van der Waals surface area contributed by atoms with Crippen molar-refractivity contribution in [2.24, 2.45) is 0 Å². The van der Waals surface area contributed by atoms with Crippen LogP contribution in [-0.4, -0.2) is 70.3 Å². The van der Waals surface area contributed by atoms with E-state index in [9.17, 15) is 39.6 Å². The number of alkyl halides is 5. The molecule has 0 saturated carbocycles. The van der Waals surface area contributed by atoms with Gasteiger partial charge in [-0.25, -0.2) is 12.8 Å². The quantitative estimate of drug-likeness (QED) is 0.129. The summed E-state index contributed by atoms with van der Waals surface area (Å²) in [5.74, 6) is -1.75. The lowest BCUT2D eigenvalue weighted by molar-refractivity contribution is -0.157. The van der Waals surface area contributed by atoms with E-state index in [1.165, 1.54) is 12.1 Å². The second-order valence-corrected chi connectivity index (χ2v) is 14.0. The topological polar surface area (TPSA) is 79.4 Å². The number of sulfonamides is 1. The Morgan fingerprint density at radius 2 is 1.71 bits per heavy atom. The second kappa shape index (κ2) is 13.5. The van der Waals surface area contributed by atoms with E-state index in [4.69, 9.17) is 4.74 Å². The van der Waals surface area contributed by atoms with E-state index in [2.05, 4.69) is 4.74 Å². The van der Waals surface area contributed by atoms with Crippen molar-refractivity contribution < 1.29 is 49.0 Å². The van der Waals surface area contributed by atoms with Crippen molar-refractivity contribution in [3.63, 3.8) is 0 Å². The number of esters is 1. The number of anilines is 2.